The number of hydrogen-bond acceptors (Lipinski definition) is 4. The van der Waals surface area contributed by atoms with Crippen molar-refractivity contribution in [3.05, 3.63) is 23.2 Å². The highest BCUT2D eigenvalue weighted by Gasteiger charge is 2.18. The maximum atomic E-state index is 5.99. The first-order valence-corrected chi connectivity index (χ1v) is 8.36. The second-order valence-corrected chi connectivity index (χ2v) is 6.96. The summed E-state index contributed by atoms with van der Waals surface area (Å²) in [4.78, 5) is 2.50. The van der Waals surface area contributed by atoms with Crippen LogP contribution in [0.15, 0.2) is 10.5 Å². The smallest absolute Gasteiger partial charge is 0.120 e. The summed E-state index contributed by atoms with van der Waals surface area (Å²) in [5, 5.41) is 4.15. The van der Waals surface area contributed by atoms with E-state index < -0.39 is 0 Å². The Balaban J connectivity index is 1.88. The fraction of sp³-hybridized carbons (Fsp3) is 0.733. The van der Waals surface area contributed by atoms with Gasteiger partial charge in [0.25, 0.3) is 0 Å². The highest BCUT2D eigenvalue weighted by Crippen LogP contribution is 2.21. The fourth-order valence-corrected chi connectivity index (χ4v) is 3.56. The van der Waals surface area contributed by atoms with Crippen molar-refractivity contribution >= 4 is 11.8 Å². The van der Waals surface area contributed by atoms with Gasteiger partial charge in [0.05, 0.1) is 13.1 Å². The molecule has 1 aromatic rings. The minimum atomic E-state index is 0.746. The van der Waals surface area contributed by atoms with Gasteiger partial charge >= 0.3 is 0 Å². The molecule has 4 heteroatoms. The third-order valence-electron chi connectivity index (χ3n) is 3.49. The maximum absolute atomic E-state index is 5.99. The van der Waals surface area contributed by atoms with Crippen LogP contribution in [0, 0.1) is 6.92 Å². The second kappa shape index (κ2) is 7.36. The summed E-state index contributed by atoms with van der Waals surface area (Å²) in [6.07, 6.45) is 1.16. The Bertz CT molecular complexity index is 391. The molecule has 19 heavy (non-hydrogen) atoms. The molecule has 0 amide bonds. The minimum Gasteiger partial charge on any atom is -0.463 e. The molecule has 0 spiro atoms. The van der Waals surface area contributed by atoms with Crippen LogP contribution in [0.25, 0.3) is 0 Å². The molecular formula is C15H26N2OS. The third-order valence-corrected chi connectivity index (χ3v) is 4.62. The van der Waals surface area contributed by atoms with Gasteiger partial charge in [0.1, 0.15) is 11.5 Å². The largest absolute Gasteiger partial charge is 0.463 e. The lowest BCUT2D eigenvalue weighted by Crippen LogP contribution is -2.35. The van der Waals surface area contributed by atoms with Crippen molar-refractivity contribution in [2.24, 2.45) is 0 Å². The zero-order chi connectivity index (χ0) is 13.7. The summed E-state index contributed by atoms with van der Waals surface area (Å²) in [7, 11) is 0. The van der Waals surface area contributed by atoms with E-state index in [0.717, 1.165) is 42.8 Å². The first-order chi connectivity index (χ1) is 9.19. The Hall–Kier alpha value is -0.450. The second-order valence-electron chi connectivity index (χ2n) is 5.41. The molecule has 3 nitrogen and oxygen atoms in total. The Morgan fingerprint density at radius 2 is 2.37 bits per heavy atom. The molecule has 1 aliphatic heterocycles. The molecule has 1 N–H and O–H groups in total. The SMILES string of the molecule is CCCNCc1oc(CN2CCSC(C)C2)cc1C. The van der Waals surface area contributed by atoms with Gasteiger partial charge in [-0.05, 0) is 31.5 Å². The van der Waals surface area contributed by atoms with Crippen LogP contribution < -0.4 is 5.32 Å². The molecular weight excluding hydrogens is 256 g/mol. The van der Waals surface area contributed by atoms with Crippen LogP contribution in [0.1, 0.15) is 37.4 Å². The van der Waals surface area contributed by atoms with E-state index in [9.17, 15) is 0 Å². The minimum absolute atomic E-state index is 0.746. The van der Waals surface area contributed by atoms with E-state index >= 15 is 0 Å². The number of rotatable bonds is 6. The van der Waals surface area contributed by atoms with Crippen molar-refractivity contribution in [3.8, 4) is 0 Å². The number of furan rings is 1. The maximum Gasteiger partial charge on any atom is 0.120 e. The van der Waals surface area contributed by atoms with E-state index in [1.54, 1.807) is 0 Å². The topological polar surface area (TPSA) is 28.4 Å². The Morgan fingerprint density at radius 1 is 1.53 bits per heavy atom. The lowest BCUT2D eigenvalue weighted by molar-refractivity contribution is 0.251. The number of hydrogen-bond donors (Lipinski definition) is 1. The van der Waals surface area contributed by atoms with E-state index in [2.05, 4.69) is 48.8 Å². The highest BCUT2D eigenvalue weighted by molar-refractivity contribution is 7.99. The summed E-state index contributed by atoms with van der Waals surface area (Å²) in [6.45, 7) is 11.9. The molecule has 1 aliphatic rings. The fourth-order valence-electron chi connectivity index (χ4n) is 2.48. The standard InChI is InChI=1S/C15H26N2OS/c1-4-5-16-9-15-12(2)8-14(18-15)11-17-6-7-19-13(3)10-17/h8,13,16H,4-7,9-11H2,1-3H3. The Morgan fingerprint density at radius 3 is 3.11 bits per heavy atom. The van der Waals surface area contributed by atoms with Crippen LogP contribution in [0.3, 0.4) is 0 Å². The van der Waals surface area contributed by atoms with Crippen molar-refractivity contribution in [2.45, 2.75) is 45.5 Å². The van der Waals surface area contributed by atoms with Crippen LogP contribution in [-0.2, 0) is 13.1 Å². The Kier molecular flexibility index (Phi) is 5.79. The van der Waals surface area contributed by atoms with Gasteiger partial charge in [-0.25, -0.2) is 0 Å². The molecule has 0 aromatic carbocycles. The van der Waals surface area contributed by atoms with Crippen molar-refractivity contribution < 1.29 is 4.42 Å². The highest BCUT2D eigenvalue weighted by atomic mass is 32.2. The molecule has 0 aliphatic carbocycles. The van der Waals surface area contributed by atoms with Gasteiger partial charge in [0.2, 0.25) is 0 Å². The van der Waals surface area contributed by atoms with Crippen LogP contribution in [0.5, 0.6) is 0 Å². The molecule has 1 aromatic heterocycles. The van der Waals surface area contributed by atoms with Crippen LogP contribution in [0.4, 0.5) is 0 Å². The molecule has 1 saturated heterocycles. The monoisotopic (exact) mass is 282 g/mol. The van der Waals surface area contributed by atoms with Gasteiger partial charge in [-0.15, -0.1) is 0 Å². The Labute approximate surface area is 121 Å². The molecule has 1 fully saturated rings. The van der Waals surface area contributed by atoms with E-state index in [1.165, 1.54) is 24.4 Å². The lowest BCUT2D eigenvalue weighted by atomic mass is 10.2. The van der Waals surface area contributed by atoms with Crippen molar-refractivity contribution in [3.63, 3.8) is 0 Å². The van der Waals surface area contributed by atoms with Gasteiger partial charge in [-0.3, -0.25) is 4.90 Å². The van der Waals surface area contributed by atoms with E-state index in [4.69, 9.17) is 4.42 Å². The molecule has 0 saturated carbocycles. The van der Waals surface area contributed by atoms with Gasteiger partial charge in [-0.1, -0.05) is 13.8 Å². The average molecular weight is 282 g/mol. The average Bonchev–Trinajstić information content (AvgIpc) is 2.70. The molecule has 1 unspecified atom stereocenters. The molecule has 2 rings (SSSR count). The molecule has 1 atom stereocenters. The first-order valence-electron chi connectivity index (χ1n) is 7.32. The van der Waals surface area contributed by atoms with Gasteiger partial charge in [0, 0.05) is 24.1 Å². The van der Waals surface area contributed by atoms with Crippen LogP contribution >= 0.6 is 11.8 Å². The predicted octanol–water partition coefficient (Wildman–Crippen LogP) is 3.02. The number of aryl methyl sites for hydroxylation is 1. The zero-order valence-electron chi connectivity index (χ0n) is 12.4. The molecule has 0 radical (unpaired) electrons. The van der Waals surface area contributed by atoms with Crippen LogP contribution in [0.2, 0.25) is 0 Å². The zero-order valence-corrected chi connectivity index (χ0v) is 13.2. The molecule has 108 valence electrons. The van der Waals surface area contributed by atoms with E-state index in [1.807, 2.05) is 0 Å². The first kappa shape index (κ1) is 14.9. The van der Waals surface area contributed by atoms with Crippen LogP contribution in [-0.4, -0.2) is 35.5 Å². The summed E-state index contributed by atoms with van der Waals surface area (Å²) >= 11 is 2.07. The lowest BCUT2D eigenvalue weighted by Gasteiger charge is -2.29. The van der Waals surface area contributed by atoms with Crippen molar-refractivity contribution in [2.75, 3.05) is 25.4 Å². The third kappa shape index (κ3) is 4.55. The summed E-state index contributed by atoms with van der Waals surface area (Å²) < 4.78 is 5.99. The summed E-state index contributed by atoms with van der Waals surface area (Å²) in [5.74, 6) is 3.46. The van der Waals surface area contributed by atoms with E-state index in [0.29, 0.717) is 0 Å². The summed E-state index contributed by atoms with van der Waals surface area (Å²) in [5.41, 5.74) is 1.28. The molecule has 0 bridgehead atoms. The molecule has 2 heterocycles. The van der Waals surface area contributed by atoms with Gasteiger partial charge < -0.3 is 9.73 Å². The predicted molar refractivity (Wildman–Crippen MR) is 82.6 cm³/mol. The van der Waals surface area contributed by atoms with Crippen molar-refractivity contribution in [1.82, 2.24) is 10.2 Å². The normalized spacial score (nSPS) is 20.9. The number of nitrogens with zero attached hydrogens (tertiary/aromatic N) is 1. The van der Waals surface area contributed by atoms with Gasteiger partial charge in [-0.2, -0.15) is 11.8 Å². The number of thioether (sulfide) groups is 1. The van der Waals surface area contributed by atoms with E-state index in [-0.39, 0.29) is 0 Å². The number of nitrogens with one attached hydrogen (secondary N) is 1. The summed E-state index contributed by atoms with van der Waals surface area (Å²) in [6, 6.07) is 2.20. The van der Waals surface area contributed by atoms with Crippen molar-refractivity contribution in [1.29, 1.82) is 0 Å². The van der Waals surface area contributed by atoms with Gasteiger partial charge in [0.15, 0.2) is 0 Å². The quantitative estimate of drug-likeness (QED) is 0.812.